The lowest BCUT2D eigenvalue weighted by molar-refractivity contribution is -0.125. The highest BCUT2D eigenvalue weighted by atomic mass is 16.5. The first-order valence-electron chi connectivity index (χ1n) is 4.46. The molecule has 0 aromatic heterocycles. The number of hydrogen-bond acceptors (Lipinski definition) is 2. The predicted molar refractivity (Wildman–Crippen MR) is 43.5 cm³/mol. The van der Waals surface area contributed by atoms with E-state index in [0.717, 1.165) is 12.8 Å². The molecule has 1 aliphatic carbocycles. The Kier molecular flexibility index (Phi) is 3.57. The summed E-state index contributed by atoms with van der Waals surface area (Å²) in [5.74, 6) is 0.219. The third-order valence-electron chi connectivity index (χ3n) is 2.18. The molecule has 1 saturated carbocycles. The van der Waals surface area contributed by atoms with Gasteiger partial charge in [-0.05, 0) is 12.8 Å². The van der Waals surface area contributed by atoms with Crippen molar-refractivity contribution in [2.24, 2.45) is 0 Å². The lowest BCUT2D eigenvalue weighted by atomic mass is 10.3. The van der Waals surface area contributed by atoms with Crippen molar-refractivity contribution in [1.29, 1.82) is 0 Å². The van der Waals surface area contributed by atoms with Crippen LogP contribution in [-0.4, -0.2) is 18.5 Å². The molecule has 0 amide bonds. The minimum atomic E-state index is 0.219. The smallest absolute Gasteiger partial charge is 0.158 e. The van der Waals surface area contributed by atoms with Gasteiger partial charge in [-0.15, -0.1) is 0 Å². The second-order valence-corrected chi connectivity index (χ2v) is 3.11. The van der Waals surface area contributed by atoms with Gasteiger partial charge in [0.15, 0.2) is 5.78 Å². The van der Waals surface area contributed by atoms with E-state index >= 15 is 0 Å². The average molecular weight is 156 g/mol. The second kappa shape index (κ2) is 4.50. The Morgan fingerprint density at radius 2 is 2.09 bits per heavy atom. The fourth-order valence-electron chi connectivity index (χ4n) is 1.37. The van der Waals surface area contributed by atoms with Crippen LogP contribution in [0.5, 0.6) is 0 Å². The normalized spacial score (nSPS) is 19.0. The SMILES string of the molecule is CCC(=O)COC1CCCC1. The maximum absolute atomic E-state index is 10.8. The molecule has 0 unspecified atom stereocenters. The van der Waals surface area contributed by atoms with Crippen molar-refractivity contribution in [2.45, 2.75) is 45.1 Å². The van der Waals surface area contributed by atoms with Crippen LogP contribution < -0.4 is 0 Å². The van der Waals surface area contributed by atoms with Crippen molar-refractivity contribution in [3.8, 4) is 0 Å². The van der Waals surface area contributed by atoms with E-state index in [-0.39, 0.29) is 5.78 Å². The fourth-order valence-corrected chi connectivity index (χ4v) is 1.37. The molecule has 0 aliphatic heterocycles. The van der Waals surface area contributed by atoms with Crippen LogP contribution in [0.3, 0.4) is 0 Å². The zero-order valence-electron chi connectivity index (χ0n) is 7.14. The first-order chi connectivity index (χ1) is 5.33. The number of ether oxygens (including phenoxy) is 1. The van der Waals surface area contributed by atoms with Crippen molar-refractivity contribution >= 4 is 5.78 Å². The number of hydrogen-bond donors (Lipinski definition) is 0. The Bertz CT molecular complexity index is 126. The summed E-state index contributed by atoms with van der Waals surface area (Å²) in [6.07, 6.45) is 5.82. The highest BCUT2D eigenvalue weighted by Crippen LogP contribution is 2.20. The van der Waals surface area contributed by atoms with Crippen LogP contribution in [0.2, 0.25) is 0 Å². The average Bonchev–Trinajstić information content (AvgIpc) is 2.52. The van der Waals surface area contributed by atoms with Gasteiger partial charge in [0.05, 0.1) is 6.10 Å². The van der Waals surface area contributed by atoms with E-state index in [0.29, 0.717) is 19.1 Å². The standard InChI is InChI=1S/C9H16O2/c1-2-8(10)7-11-9-5-3-4-6-9/h9H,2-7H2,1H3. The maximum Gasteiger partial charge on any atom is 0.158 e. The van der Waals surface area contributed by atoms with Gasteiger partial charge in [0.1, 0.15) is 6.61 Å². The number of ketones is 1. The van der Waals surface area contributed by atoms with E-state index in [9.17, 15) is 4.79 Å². The third-order valence-corrected chi connectivity index (χ3v) is 2.18. The molecule has 1 rings (SSSR count). The molecule has 0 spiro atoms. The van der Waals surface area contributed by atoms with Gasteiger partial charge in [0, 0.05) is 6.42 Å². The Labute approximate surface area is 67.9 Å². The first-order valence-corrected chi connectivity index (χ1v) is 4.46. The van der Waals surface area contributed by atoms with Gasteiger partial charge in [0.25, 0.3) is 0 Å². The number of Topliss-reactive ketones (excluding diaryl/α,β-unsaturated/α-hetero) is 1. The zero-order chi connectivity index (χ0) is 8.10. The molecule has 0 heterocycles. The topological polar surface area (TPSA) is 26.3 Å². The van der Waals surface area contributed by atoms with Crippen LogP contribution >= 0.6 is 0 Å². The molecule has 0 bridgehead atoms. The van der Waals surface area contributed by atoms with Gasteiger partial charge in [-0.2, -0.15) is 0 Å². The number of rotatable bonds is 4. The fraction of sp³-hybridized carbons (Fsp3) is 0.889. The summed E-state index contributed by atoms with van der Waals surface area (Å²) in [5, 5.41) is 0. The van der Waals surface area contributed by atoms with E-state index in [1.165, 1.54) is 12.8 Å². The van der Waals surface area contributed by atoms with E-state index in [4.69, 9.17) is 4.74 Å². The Morgan fingerprint density at radius 1 is 1.45 bits per heavy atom. The van der Waals surface area contributed by atoms with E-state index < -0.39 is 0 Å². The molecule has 0 aromatic rings. The van der Waals surface area contributed by atoms with E-state index in [1.54, 1.807) is 0 Å². The number of carbonyl (C=O) groups is 1. The maximum atomic E-state index is 10.8. The minimum absolute atomic E-state index is 0.219. The molecule has 0 radical (unpaired) electrons. The lowest BCUT2D eigenvalue weighted by Crippen LogP contribution is -2.14. The van der Waals surface area contributed by atoms with Crippen molar-refractivity contribution in [3.63, 3.8) is 0 Å². The van der Waals surface area contributed by atoms with E-state index in [2.05, 4.69) is 0 Å². The summed E-state index contributed by atoms with van der Waals surface area (Å²) in [7, 11) is 0. The Morgan fingerprint density at radius 3 is 2.64 bits per heavy atom. The molecule has 0 aromatic carbocycles. The van der Waals surface area contributed by atoms with Gasteiger partial charge in [0.2, 0.25) is 0 Å². The van der Waals surface area contributed by atoms with Gasteiger partial charge < -0.3 is 4.74 Å². The third kappa shape index (κ3) is 3.02. The summed E-state index contributed by atoms with van der Waals surface area (Å²) >= 11 is 0. The molecule has 0 saturated heterocycles. The lowest BCUT2D eigenvalue weighted by Gasteiger charge is -2.08. The van der Waals surface area contributed by atoms with Crippen LogP contribution in [-0.2, 0) is 9.53 Å². The summed E-state index contributed by atoms with van der Waals surface area (Å²) < 4.78 is 5.41. The van der Waals surface area contributed by atoms with Crippen molar-refractivity contribution in [1.82, 2.24) is 0 Å². The van der Waals surface area contributed by atoms with Crippen LogP contribution in [0.1, 0.15) is 39.0 Å². The Balaban J connectivity index is 2.06. The quantitative estimate of drug-likeness (QED) is 0.621. The van der Waals surface area contributed by atoms with E-state index in [1.807, 2.05) is 6.92 Å². The minimum Gasteiger partial charge on any atom is -0.370 e. The molecule has 0 atom stereocenters. The zero-order valence-corrected chi connectivity index (χ0v) is 7.14. The summed E-state index contributed by atoms with van der Waals surface area (Å²) in [5.41, 5.74) is 0. The van der Waals surface area contributed by atoms with Gasteiger partial charge in [-0.1, -0.05) is 19.8 Å². The van der Waals surface area contributed by atoms with Gasteiger partial charge in [-0.25, -0.2) is 0 Å². The van der Waals surface area contributed by atoms with Gasteiger partial charge >= 0.3 is 0 Å². The summed E-state index contributed by atoms with van der Waals surface area (Å²) in [4.78, 5) is 10.8. The van der Waals surface area contributed by atoms with Crippen LogP contribution in [0.15, 0.2) is 0 Å². The molecule has 0 N–H and O–H groups in total. The number of carbonyl (C=O) groups excluding carboxylic acids is 1. The highest BCUT2D eigenvalue weighted by Gasteiger charge is 2.15. The highest BCUT2D eigenvalue weighted by molar-refractivity contribution is 5.79. The molecule has 1 fully saturated rings. The molecular formula is C9H16O2. The molecule has 64 valence electrons. The van der Waals surface area contributed by atoms with Crippen LogP contribution in [0.25, 0.3) is 0 Å². The van der Waals surface area contributed by atoms with Crippen molar-refractivity contribution in [3.05, 3.63) is 0 Å². The molecule has 11 heavy (non-hydrogen) atoms. The van der Waals surface area contributed by atoms with Crippen molar-refractivity contribution < 1.29 is 9.53 Å². The molecule has 2 nitrogen and oxygen atoms in total. The van der Waals surface area contributed by atoms with Crippen LogP contribution in [0.4, 0.5) is 0 Å². The van der Waals surface area contributed by atoms with Crippen molar-refractivity contribution in [2.75, 3.05) is 6.61 Å². The predicted octanol–water partition coefficient (Wildman–Crippen LogP) is 1.92. The van der Waals surface area contributed by atoms with Crippen LogP contribution in [0, 0.1) is 0 Å². The monoisotopic (exact) mass is 156 g/mol. The Hall–Kier alpha value is -0.370. The largest absolute Gasteiger partial charge is 0.370 e. The summed E-state index contributed by atoms with van der Waals surface area (Å²) in [6, 6.07) is 0. The molecular weight excluding hydrogens is 140 g/mol. The first kappa shape index (κ1) is 8.72. The summed E-state index contributed by atoms with van der Waals surface area (Å²) in [6.45, 7) is 2.21. The molecule has 2 heteroatoms. The second-order valence-electron chi connectivity index (χ2n) is 3.11. The van der Waals surface area contributed by atoms with Gasteiger partial charge in [-0.3, -0.25) is 4.79 Å². The molecule has 1 aliphatic rings.